The van der Waals surface area contributed by atoms with Crippen LogP contribution in [0.25, 0.3) is 0 Å². The zero-order valence-corrected chi connectivity index (χ0v) is 10.4. The first-order valence-corrected chi connectivity index (χ1v) is 5.97. The number of rotatable bonds is 10. The van der Waals surface area contributed by atoms with E-state index >= 15 is 0 Å². The first-order chi connectivity index (χ1) is 6.77. The summed E-state index contributed by atoms with van der Waals surface area (Å²) in [6.07, 6.45) is 11.2. The van der Waals surface area contributed by atoms with Crippen LogP contribution < -0.4 is 24.0 Å². The molecule has 0 rings (SSSR count). The van der Waals surface area contributed by atoms with E-state index in [2.05, 4.69) is 6.92 Å². The Hall–Kier alpha value is 0.0674. The molecular formula is C12H23LiO2. The fraction of sp³-hybridized carbons (Fsp3) is 0.917. The molecular weight excluding hydrogens is 183 g/mol. The molecule has 0 aromatic heterocycles. The summed E-state index contributed by atoms with van der Waals surface area (Å²) in [6.45, 7) is 2.22. The molecule has 0 spiro atoms. The van der Waals surface area contributed by atoms with E-state index in [1.54, 1.807) is 0 Å². The van der Waals surface area contributed by atoms with Crippen LogP contribution in [0.1, 0.15) is 71.1 Å². The molecule has 0 heterocycles. The van der Waals surface area contributed by atoms with Gasteiger partial charge in [0.1, 0.15) is 0 Å². The van der Waals surface area contributed by atoms with Crippen molar-refractivity contribution in [3.8, 4) is 0 Å². The molecule has 0 aliphatic rings. The summed E-state index contributed by atoms with van der Waals surface area (Å²) >= 11 is 0. The third-order valence-corrected chi connectivity index (χ3v) is 2.48. The summed E-state index contributed by atoms with van der Waals surface area (Å²) in [5, 5.41) is 10.1. The first-order valence-electron chi connectivity index (χ1n) is 5.97. The number of hydrogen-bond acceptors (Lipinski definition) is 2. The van der Waals surface area contributed by atoms with E-state index in [9.17, 15) is 9.90 Å². The molecule has 0 saturated carbocycles. The Morgan fingerprint density at radius 3 is 1.67 bits per heavy atom. The maximum atomic E-state index is 10.1. The van der Waals surface area contributed by atoms with E-state index in [1.807, 2.05) is 0 Å². The maximum Gasteiger partial charge on any atom is 1.00 e. The van der Waals surface area contributed by atoms with Gasteiger partial charge < -0.3 is 9.90 Å². The average Bonchev–Trinajstić information content (AvgIpc) is 2.15. The molecule has 0 saturated heterocycles. The Morgan fingerprint density at radius 2 is 1.27 bits per heavy atom. The van der Waals surface area contributed by atoms with Crippen molar-refractivity contribution in [1.29, 1.82) is 0 Å². The van der Waals surface area contributed by atoms with Gasteiger partial charge in [-0.3, -0.25) is 0 Å². The van der Waals surface area contributed by atoms with Gasteiger partial charge in [-0.15, -0.1) is 0 Å². The Morgan fingerprint density at radius 1 is 0.867 bits per heavy atom. The summed E-state index contributed by atoms with van der Waals surface area (Å²) in [5.41, 5.74) is 0. The van der Waals surface area contributed by atoms with Crippen molar-refractivity contribution in [2.75, 3.05) is 0 Å². The minimum atomic E-state index is -0.909. The van der Waals surface area contributed by atoms with Gasteiger partial charge in [-0.2, -0.15) is 0 Å². The number of hydrogen-bond donors (Lipinski definition) is 0. The smallest absolute Gasteiger partial charge is 0.550 e. The third-order valence-electron chi connectivity index (χ3n) is 2.48. The molecule has 0 aliphatic carbocycles. The van der Waals surface area contributed by atoms with Crippen molar-refractivity contribution in [3.05, 3.63) is 0 Å². The van der Waals surface area contributed by atoms with Gasteiger partial charge in [-0.25, -0.2) is 0 Å². The molecule has 0 aromatic carbocycles. The first kappa shape index (κ1) is 17.5. The van der Waals surface area contributed by atoms with Gasteiger partial charge in [0, 0.05) is 5.97 Å². The van der Waals surface area contributed by atoms with Crippen LogP contribution in [0.4, 0.5) is 0 Å². The number of carboxylic acid groups (broad SMARTS) is 1. The standard InChI is InChI=1S/C12H24O2.Li/c1-2-3-4-5-6-7-8-9-10-11-12(13)14;/h2-11H2,1H3,(H,13,14);/q;+1/p-1. The topological polar surface area (TPSA) is 40.1 Å². The number of carboxylic acids is 1. The van der Waals surface area contributed by atoms with E-state index < -0.39 is 5.97 Å². The predicted molar refractivity (Wildman–Crippen MR) is 56.9 cm³/mol. The Bertz CT molecular complexity index is 138. The van der Waals surface area contributed by atoms with Crippen LogP contribution >= 0.6 is 0 Å². The molecule has 0 bridgehead atoms. The Labute approximate surface area is 106 Å². The number of aliphatic carboxylic acids is 1. The van der Waals surface area contributed by atoms with Crippen LogP contribution in [0.3, 0.4) is 0 Å². The number of carbonyl (C=O) groups excluding carboxylic acids is 1. The van der Waals surface area contributed by atoms with Crippen molar-refractivity contribution in [3.63, 3.8) is 0 Å². The molecule has 0 radical (unpaired) electrons. The molecule has 3 heteroatoms. The molecule has 0 aromatic rings. The summed E-state index contributed by atoms with van der Waals surface area (Å²) in [6, 6.07) is 0. The van der Waals surface area contributed by atoms with E-state index in [1.165, 1.54) is 44.9 Å². The van der Waals surface area contributed by atoms with E-state index in [0.29, 0.717) is 0 Å². The Kier molecular flexibility index (Phi) is 16.4. The van der Waals surface area contributed by atoms with Gasteiger partial charge in [0.2, 0.25) is 0 Å². The largest absolute Gasteiger partial charge is 1.00 e. The van der Waals surface area contributed by atoms with Crippen molar-refractivity contribution < 1.29 is 28.8 Å². The monoisotopic (exact) mass is 206 g/mol. The van der Waals surface area contributed by atoms with Crippen molar-refractivity contribution >= 4 is 5.97 Å². The third kappa shape index (κ3) is 16.7. The fourth-order valence-corrected chi connectivity index (χ4v) is 1.58. The van der Waals surface area contributed by atoms with Crippen LogP contribution in [0.15, 0.2) is 0 Å². The minimum Gasteiger partial charge on any atom is -0.550 e. The van der Waals surface area contributed by atoms with Crippen LogP contribution in [-0.2, 0) is 4.79 Å². The second kappa shape index (κ2) is 14.1. The second-order valence-electron chi connectivity index (χ2n) is 3.95. The van der Waals surface area contributed by atoms with Gasteiger partial charge >= 0.3 is 18.9 Å². The van der Waals surface area contributed by atoms with E-state index in [0.717, 1.165) is 12.8 Å². The summed E-state index contributed by atoms with van der Waals surface area (Å²) in [5.74, 6) is -0.909. The number of unbranched alkanes of at least 4 members (excludes halogenated alkanes) is 8. The Balaban J connectivity index is 0. The normalized spacial score (nSPS) is 9.67. The zero-order valence-electron chi connectivity index (χ0n) is 10.4. The molecule has 0 atom stereocenters. The fourth-order valence-electron chi connectivity index (χ4n) is 1.58. The van der Waals surface area contributed by atoms with Crippen molar-refractivity contribution in [1.82, 2.24) is 0 Å². The molecule has 0 fully saturated rings. The average molecular weight is 206 g/mol. The molecule has 84 valence electrons. The minimum absolute atomic E-state index is 0. The molecule has 0 amide bonds. The van der Waals surface area contributed by atoms with Crippen molar-refractivity contribution in [2.45, 2.75) is 71.1 Å². The van der Waals surface area contributed by atoms with Crippen LogP contribution in [0, 0.1) is 0 Å². The molecule has 2 nitrogen and oxygen atoms in total. The predicted octanol–water partition coefficient (Wildman–Crippen LogP) is -0.339. The van der Waals surface area contributed by atoms with Gasteiger partial charge in [-0.05, 0) is 12.8 Å². The molecule has 0 aliphatic heterocycles. The van der Waals surface area contributed by atoms with Crippen molar-refractivity contribution in [2.24, 2.45) is 0 Å². The zero-order chi connectivity index (χ0) is 10.6. The molecule has 0 unspecified atom stereocenters. The number of carbonyl (C=O) groups is 1. The summed E-state index contributed by atoms with van der Waals surface area (Å²) < 4.78 is 0. The maximum absolute atomic E-state index is 10.1. The van der Waals surface area contributed by atoms with E-state index in [-0.39, 0.29) is 25.3 Å². The van der Waals surface area contributed by atoms with Gasteiger partial charge in [0.15, 0.2) is 0 Å². The van der Waals surface area contributed by atoms with Gasteiger partial charge in [-0.1, -0.05) is 58.3 Å². The SMILES string of the molecule is CCCCCCCCCCCC(=O)[O-].[Li+]. The molecule has 15 heavy (non-hydrogen) atoms. The second-order valence-corrected chi connectivity index (χ2v) is 3.95. The van der Waals surface area contributed by atoms with Crippen LogP contribution in [0.2, 0.25) is 0 Å². The van der Waals surface area contributed by atoms with Gasteiger partial charge in [0.25, 0.3) is 0 Å². The summed E-state index contributed by atoms with van der Waals surface area (Å²) in [7, 11) is 0. The van der Waals surface area contributed by atoms with Crippen LogP contribution in [0.5, 0.6) is 0 Å². The van der Waals surface area contributed by atoms with Gasteiger partial charge in [0.05, 0.1) is 0 Å². The van der Waals surface area contributed by atoms with E-state index in [4.69, 9.17) is 0 Å². The van der Waals surface area contributed by atoms with Crippen LogP contribution in [-0.4, -0.2) is 5.97 Å². The molecule has 0 N–H and O–H groups in total. The summed E-state index contributed by atoms with van der Waals surface area (Å²) in [4.78, 5) is 10.1. The quantitative estimate of drug-likeness (QED) is 0.362.